The molecule has 0 aliphatic rings. The van der Waals surface area contributed by atoms with Crippen molar-refractivity contribution in [2.24, 2.45) is 0 Å². The van der Waals surface area contributed by atoms with E-state index in [0.717, 1.165) is 0 Å². The van der Waals surface area contributed by atoms with Crippen LogP contribution in [0.4, 0.5) is 0 Å². The predicted molar refractivity (Wildman–Crippen MR) is 85.6 cm³/mol. The van der Waals surface area contributed by atoms with E-state index in [4.69, 9.17) is 39.1 Å². The van der Waals surface area contributed by atoms with Crippen LogP contribution in [0.1, 0.15) is 19.3 Å². The Kier molecular flexibility index (Phi) is 9.84. The highest BCUT2D eigenvalue weighted by Gasteiger charge is 2.43. The summed E-state index contributed by atoms with van der Waals surface area (Å²) in [5.41, 5.74) is -4.65. The van der Waals surface area contributed by atoms with Crippen LogP contribution in [0.3, 0.4) is 0 Å². The average Bonchev–Trinajstić information content (AvgIpc) is 2.30. The Morgan fingerprint density at radius 2 is 0.760 bits per heavy atom. The van der Waals surface area contributed by atoms with Crippen molar-refractivity contribution < 1.29 is 57.4 Å². The van der Waals surface area contributed by atoms with Gasteiger partial charge in [-0.25, -0.2) is 0 Å². The Morgan fingerprint density at radius 1 is 0.520 bits per heavy atom. The van der Waals surface area contributed by atoms with Crippen LogP contribution in [0.5, 0.6) is 0 Å². The molecule has 0 saturated carbocycles. The molecule has 0 radical (unpaired) electrons. The molecule has 0 fully saturated rings. The van der Waals surface area contributed by atoms with Crippen molar-refractivity contribution in [2.45, 2.75) is 30.3 Å². The zero-order chi connectivity index (χ0) is 20.1. The summed E-state index contributed by atoms with van der Waals surface area (Å²) >= 11 is 0. The lowest BCUT2D eigenvalue weighted by Gasteiger charge is -2.21. The topological polar surface area (TPSA) is 254 Å². The number of hydrogen-bond donors (Lipinski definition) is 10. The summed E-state index contributed by atoms with van der Waals surface area (Å²) in [5.74, 6) is 0. The molecule has 152 valence electrons. The van der Waals surface area contributed by atoms with Gasteiger partial charge < -0.3 is 39.1 Å². The van der Waals surface area contributed by atoms with E-state index in [1.165, 1.54) is 0 Å². The summed E-state index contributed by atoms with van der Waals surface area (Å²) in [7, 11) is -20.3. The molecule has 18 heteroatoms. The van der Waals surface area contributed by atoms with Crippen LogP contribution in [0.25, 0.3) is 0 Å². The van der Waals surface area contributed by atoms with Crippen LogP contribution in [0, 0.1) is 0 Å². The standard InChI is InChI=1S/C7H22N2O12P4/c10-22(11,12)6(23(13,14)15)8-4-2-1-3-5-9-7(24(16,17)18)25(19,20)21/h6-9H,1-5H2,(H2,10,11,12)(H2,13,14,15)(H2,16,17,18)(H2,19,20,21). The van der Waals surface area contributed by atoms with Gasteiger partial charge in [-0.1, -0.05) is 6.42 Å². The molecule has 0 spiro atoms. The van der Waals surface area contributed by atoms with Gasteiger partial charge in [0.2, 0.25) is 11.0 Å². The quantitative estimate of drug-likeness (QED) is 0.121. The van der Waals surface area contributed by atoms with E-state index in [9.17, 15) is 18.3 Å². The van der Waals surface area contributed by atoms with Gasteiger partial charge in [-0.2, -0.15) is 0 Å². The van der Waals surface area contributed by atoms with Crippen molar-refractivity contribution in [3.05, 3.63) is 0 Å². The van der Waals surface area contributed by atoms with Crippen molar-refractivity contribution in [3.63, 3.8) is 0 Å². The van der Waals surface area contributed by atoms with Crippen molar-refractivity contribution in [2.75, 3.05) is 13.1 Å². The molecule has 0 bridgehead atoms. The van der Waals surface area contributed by atoms with E-state index in [2.05, 4.69) is 10.6 Å². The molecule has 0 aromatic heterocycles. The molecule has 0 amide bonds. The molecular weight excluding hydrogens is 428 g/mol. The summed E-state index contributed by atoms with van der Waals surface area (Å²) < 4.78 is 44.0. The maximum absolute atomic E-state index is 11.0. The lowest BCUT2D eigenvalue weighted by molar-refractivity contribution is 0.325. The SMILES string of the molecule is O=P(O)(O)C(NCCCCCNC(P(=O)(O)O)P(=O)(O)O)P(=O)(O)O. The largest absolute Gasteiger partial charge is 0.354 e. The summed E-state index contributed by atoms with van der Waals surface area (Å²) in [6.45, 7) is -0.331. The van der Waals surface area contributed by atoms with E-state index in [1.54, 1.807) is 0 Å². The molecule has 0 aliphatic carbocycles. The Labute approximate surface area is 142 Å². The van der Waals surface area contributed by atoms with Crippen LogP contribution in [0.2, 0.25) is 0 Å². The molecule has 0 aromatic carbocycles. The van der Waals surface area contributed by atoms with Gasteiger partial charge in [0.15, 0.2) is 0 Å². The van der Waals surface area contributed by atoms with E-state index in [0.29, 0.717) is 0 Å². The minimum Gasteiger partial charge on any atom is -0.323 e. The van der Waals surface area contributed by atoms with Crippen molar-refractivity contribution >= 4 is 30.4 Å². The highest BCUT2D eigenvalue weighted by atomic mass is 31.2. The smallest absolute Gasteiger partial charge is 0.323 e. The van der Waals surface area contributed by atoms with Gasteiger partial charge in [0.25, 0.3) is 0 Å². The maximum Gasteiger partial charge on any atom is 0.354 e. The fourth-order valence-electron chi connectivity index (χ4n) is 1.76. The molecule has 0 aliphatic heterocycles. The van der Waals surface area contributed by atoms with Crippen molar-refractivity contribution in [1.29, 1.82) is 0 Å². The Hall–Kier alpha value is 0.520. The number of rotatable bonds is 12. The number of nitrogens with one attached hydrogen (secondary N) is 2. The minimum absolute atomic E-state index is 0.165. The third-order valence-corrected chi connectivity index (χ3v) is 9.67. The van der Waals surface area contributed by atoms with Gasteiger partial charge in [-0.3, -0.25) is 28.9 Å². The Morgan fingerprint density at radius 3 is 0.960 bits per heavy atom. The maximum atomic E-state index is 11.0. The van der Waals surface area contributed by atoms with E-state index in [-0.39, 0.29) is 32.4 Å². The number of hydrogen-bond acceptors (Lipinski definition) is 6. The normalized spacial score (nSPS) is 14.5. The monoisotopic (exact) mass is 450 g/mol. The second kappa shape index (κ2) is 9.64. The molecule has 0 saturated heterocycles. The third-order valence-electron chi connectivity index (χ3n) is 2.78. The minimum atomic E-state index is -5.07. The van der Waals surface area contributed by atoms with Crippen LogP contribution in [-0.2, 0) is 18.3 Å². The molecule has 0 unspecified atom stereocenters. The zero-order valence-corrected chi connectivity index (χ0v) is 16.3. The summed E-state index contributed by atoms with van der Waals surface area (Å²) in [5, 5.41) is 4.10. The van der Waals surface area contributed by atoms with Crippen LogP contribution in [0.15, 0.2) is 0 Å². The molecule has 25 heavy (non-hydrogen) atoms. The first-order valence-electron chi connectivity index (χ1n) is 6.65. The molecule has 0 aromatic rings. The number of unbranched alkanes of at least 4 members (excludes halogenated alkanes) is 2. The zero-order valence-electron chi connectivity index (χ0n) is 12.7. The molecule has 10 N–H and O–H groups in total. The predicted octanol–water partition coefficient (Wildman–Crippen LogP) is -1.39. The highest BCUT2D eigenvalue weighted by molar-refractivity contribution is 7.71. The van der Waals surface area contributed by atoms with Crippen molar-refractivity contribution in [3.8, 4) is 0 Å². The lowest BCUT2D eigenvalue weighted by atomic mass is 10.2. The molecule has 0 atom stereocenters. The second-order valence-corrected chi connectivity index (χ2v) is 12.7. The summed E-state index contributed by atoms with van der Waals surface area (Å²) in [6, 6.07) is 0. The van der Waals surface area contributed by atoms with Gasteiger partial charge in [-0.05, 0) is 25.9 Å². The van der Waals surface area contributed by atoms with Gasteiger partial charge in [0.1, 0.15) is 0 Å². The molecule has 0 rings (SSSR count). The first-order valence-corrected chi connectivity index (χ1v) is 13.4. The fraction of sp³-hybridized carbons (Fsp3) is 1.00. The van der Waals surface area contributed by atoms with E-state index in [1.807, 2.05) is 0 Å². The van der Waals surface area contributed by atoms with Gasteiger partial charge in [0.05, 0.1) is 0 Å². The van der Waals surface area contributed by atoms with Crippen LogP contribution in [-0.4, -0.2) is 63.3 Å². The van der Waals surface area contributed by atoms with E-state index < -0.39 is 41.4 Å². The molecule has 0 heterocycles. The Balaban J connectivity index is 4.27. The average molecular weight is 450 g/mol. The Bertz CT molecular complexity index is 507. The summed E-state index contributed by atoms with van der Waals surface area (Å²) in [4.78, 5) is 70.9. The molecule has 14 nitrogen and oxygen atoms in total. The van der Waals surface area contributed by atoms with Crippen LogP contribution >= 0.6 is 30.4 Å². The second-order valence-electron chi connectivity index (χ2n) is 5.07. The van der Waals surface area contributed by atoms with Gasteiger partial charge >= 0.3 is 30.4 Å². The van der Waals surface area contributed by atoms with Crippen LogP contribution < -0.4 is 10.6 Å². The first kappa shape index (κ1) is 25.5. The summed E-state index contributed by atoms with van der Waals surface area (Å²) in [6.07, 6.45) is 0.660. The fourth-order valence-corrected chi connectivity index (χ4v) is 6.36. The third kappa shape index (κ3) is 10.4. The van der Waals surface area contributed by atoms with E-state index >= 15 is 0 Å². The van der Waals surface area contributed by atoms with Crippen molar-refractivity contribution in [1.82, 2.24) is 10.6 Å². The molecular formula is C7H22N2O12P4. The first-order chi connectivity index (χ1) is 11.0. The highest BCUT2D eigenvalue weighted by Crippen LogP contribution is 2.59. The van der Waals surface area contributed by atoms with Gasteiger partial charge in [-0.15, -0.1) is 0 Å². The lowest BCUT2D eigenvalue weighted by Crippen LogP contribution is -2.31. The van der Waals surface area contributed by atoms with Gasteiger partial charge in [0, 0.05) is 0 Å².